The van der Waals surface area contributed by atoms with Gasteiger partial charge in [-0.15, -0.1) is 0 Å². The number of nitro benzene ring substituents is 1. The quantitative estimate of drug-likeness (QED) is 0.487. The number of thiocarbonyl (C=S) groups is 1. The Morgan fingerprint density at radius 2 is 2.13 bits per heavy atom. The zero-order valence-electron chi connectivity index (χ0n) is 12.8. The van der Waals surface area contributed by atoms with Crippen LogP contribution in [0.1, 0.15) is 32.1 Å². The molecule has 1 aliphatic carbocycles. The molecule has 0 radical (unpaired) electrons. The van der Waals surface area contributed by atoms with Crippen molar-refractivity contribution in [3.8, 4) is 5.75 Å². The molecule has 2 rings (SSSR count). The first-order chi connectivity index (χ1) is 11.0. The number of nitrogens with zero attached hydrogens (tertiary/aromatic N) is 1. The van der Waals surface area contributed by atoms with E-state index in [9.17, 15) is 14.9 Å². The van der Waals surface area contributed by atoms with Crippen molar-refractivity contribution in [3.05, 3.63) is 28.3 Å². The van der Waals surface area contributed by atoms with Gasteiger partial charge in [0.15, 0.2) is 5.11 Å². The Labute approximate surface area is 139 Å². The number of methoxy groups -OCH3 is 1. The van der Waals surface area contributed by atoms with E-state index < -0.39 is 4.92 Å². The van der Waals surface area contributed by atoms with E-state index in [2.05, 4.69) is 10.6 Å². The van der Waals surface area contributed by atoms with E-state index in [1.54, 1.807) is 0 Å². The molecule has 0 heterocycles. The summed E-state index contributed by atoms with van der Waals surface area (Å²) in [6.45, 7) is 0. The van der Waals surface area contributed by atoms with Crippen LogP contribution in [0.3, 0.4) is 0 Å². The van der Waals surface area contributed by atoms with Crippen molar-refractivity contribution >= 4 is 34.6 Å². The maximum Gasteiger partial charge on any atom is 0.273 e. The Morgan fingerprint density at radius 3 is 2.74 bits per heavy atom. The van der Waals surface area contributed by atoms with Gasteiger partial charge in [-0.05, 0) is 37.0 Å². The van der Waals surface area contributed by atoms with E-state index in [1.165, 1.54) is 38.2 Å². The fourth-order valence-electron chi connectivity index (χ4n) is 2.70. The highest BCUT2D eigenvalue weighted by molar-refractivity contribution is 7.80. The van der Waals surface area contributed by atoms with Crippen LogP contribution in [-0.2, 0) is 4.79 Å². The van der Waals surface area contributed by atoms with Gasteiger partial charge in [0.25, 0.3) is 5.69 Å². The lowest BCUT2D eigenvalue weighted by molar-refractivity contribution is -0.384. The van der Waals surface area contributed by atoms with Crippen molar-refractivity contribution in [2.24, 2.45) is 5.92 Å². The number of carbonyl (C=O) groups is 1. The molecule has 0 saturated heterocycles. The average molecular weight is 337 g/mol. The summed E-state index contributed by atoms with van der Waals surface area (Å²) in [5.41, 5.74) is 0.382. The predicted molar refractivity (Wildman–Crippen MR) is 90.6 cm³/mol. The molecule has 1 saturated carbocycles. The highest BCUT2D eigenvalue weighted by atomic mass is 32.1. The molecular formula is C15H19N3O4S. The van der Waals surface area contributed by atoms with Crippen LogP contribution in [0.4, 0.5) is 11.4 Å². The molecule has 1 aromatic rings. The van der Waals surface area contributed by atoms with Gasteiger partial charge >= 0.3 is 0 Å². The normalized spacial score (nSPS) is 14.3. The summed E-state index contributed by atoms with van der Waals surface area (Å²) in [5, 5.41) is 16.4. The lowest BCUT2D eigenvalue weighted by Gasteiger charge is -2.14. The van der Waals surface area contributed by atoms with Crippen molar-refractivity contribution in [1.29, 1.82) is 0 Å². The molecule has 124 valence electrons. The Morgan fingerprint density at radius 1 is 1.43 bits per heavy atom. The summed E-state index contributed by atoms with van der Waals surface area (Å²) in [6.07, 6.45) is 5.01. The minimum atomic E-state index is -0.506. The first kappa shape index (κ1) is 17.1. The van der Waals surface area contributed by atoms with Crippen molar-refractivity contribution in [2.75, 3.05) is 12.4 Å². The number of hydrogen-bond acceptors (Lipinski definition) is 5. The standard InChI is InChI=1S/C15H19N3O4S/c1-22-13-9-11(18(20)21)6-7-12(13)16-15(23)17-14(19)8-10-4-2-3-5-10/h6-7,9-10H,2-5,8H2,1H3,(H2,16,17,19,23). The van der Waals surface area contributed by atoms with Crippen molar-refractivity contribution < 1.29 is 14.5 Å². The van der Waals surface area contributed by atoms with Crippen LogP contribution in [0.15, 0.2) is 18.2 Å². The topological polar surface area (TPSA) is 93.5 Å². The maximum atomic E-state index is 11.9. The van der Waals surface area contributed by atoms with Crippen LogP contribution in [0.25, 0.3) is 0 Å². The summed E-state index contributed by atoms with van der Waals surface area (Å²) >= 11 is 5.11. The van der Waals surface area contributed by atoms with E-state index in [0.29, 0.717) is 18.0 Å². The van der Waals surface area contributed by atoms with E-state index in [1.807, 2.05) is 0 Å². The lowest BCUT2D eigenvalue weighted by atomic mass is 10.0. The van der Waals surface area contributed by atoms with Crippen molar-refractivity contribution in [2.45, 2.75) is 32.1 Å². The van der Waals surface area contributed by atoms with Gasteiger partial charge in [-0.3, -0.25) is 14.9 Å². The Hall–Kier alpha value is -2.22. The van der Waals surface area contributed by atoms with Crippen LogP contribution in [0, 0.1) is 16.0 Å². The predicted octanol–water partition coefficient (Wildman–Crippen LogP) is 3.00. The average Bonchev–Trinajstić information content (AvgIpc) is 2.99. The minimum absolute atomic E-state index is 0.0800. The number of anilines is 1. The zero-order valence-corrected chi connectivity index (χ0v) is 13.6. The molecule has 8 heteroatoms. The summed E-state index contributed by atoms with van der Waals surface area (Å²) in [4.78, 5) is 22.2. The van der Waals surface area contributed by atoms with Gasteiger partial charge in [-0.25, -0.2) is 0 Å². The largest absolute Gasteiger partial charge is 0.494 e. The fraction of sp³-hybridized carbons (Fsp3) is 0.467. The molecule has 2 N–H and O–H groups in total. The summed E-state index contributed by atoms with van der Waals surface area (Å²) in [7, 11) is 1.41. The number of benzene rings is 1. The molecule has 0 atom stereocenters. The number of non-ortho nitro benzene ring substituents is 1. The van der Waals surface area contributed by atoms with Gasteiger partial charge < -0.3 is 15.4 Å². The number of hydrogen-bond donors (Lipinski definition) is 2. The molecule has 0 aliphatic heterocycles. The van der Waals surface area contributed by atoms with Crippen LogP contribution in [0.2, 0.25) is 0 Å². The Balaban J connectivity index is 1.93. The van der Waals surface area contributed by atoms with Crippen molar-refractivity contribution in [1.82, 2.24) is 5.32 Å². The van der Waals surface area contributed by atoms with Gasteiger partial charge in [0, 0.05) is 12.5 Å². The third-order valence-electron chi connectivity index (χ3n) is 3.85. The third kappa shape index (κ3) is 4.88. The molecule has 1 aromatic carbocycles. The van der Waals surface area contributed by atoms with Gasteiger partial charge in [0.05, 0.1) is 23.8 Å². The zero-order chi connectivity index (χ0) is 16.8. The molecule has 1 fully saturated rings. The maximum absolute atomic E-state index is 11.9. The highest BCUT2D eigenvalue weighted by Crippen LogP contribution is 2.29. The van der Waals surface area contributed by atoms with Crippen LogP contribution < -0.4 is 15.4 Å². The lowest BCUT2D eigenvalue weighted by Crippen LogP contribution is -2.35. The third-order valence-corrected chi connectivity index (χ3v) is 4.05. The smallest absolute Gasteiger partial charge is 0.273 e. The number of nitro groups is 1. The first-order valence-electron chi connectivity index (χ1n) is 7.43. The van der Waals surface area contributed by atoms with Crippen LogP contribution >= 0.6 is 12.2 Å². The minimum Gasteiger partial charge on any atom is -0.494 e. The van der Waals surface area contributed by atoms with E-state index in [4.69, 9.17) is 17.0 Å². The number of ether oxygens (including phenoxy) is 1. The highest BCUT2D eigenvalue weighted by Gasteiger charge is 2.19. The molecule has 23 heavy (non-hydrogen) atoms. The second kappa shape index (κ2) is 7.87. The molecule has 0 spiro atoms. The molecule has 1 aliphatic rings. The molecule has 0 aromatic heterocycles. The summed E-state index contributed by atoms with van der Waals surface area (Å²) in [6, 6.07) is 4.13. The number of carbonyl (C=O) groups excluding carboxylic acids is 1. The van der Waals surface area contributed by atoms with Crippen LogP contribution in [-0.4, -0.2) is 23.1 Å². The van der Waals surface area contributed by atoms with Crippen molar-refractivity contribution in [3.63, 3.8) is 0 Å². The Kier molecular flexibility index (Phi) is 5.86. The second-order valence-corrected chi connectivity index (χ2v) is 5.91. The summed E-state index contributed by atoms with van der Waals surface area (Å²) < 4.78 is 5.11. The molecular weight excluding hydrogens is 318 g/mol. The number of rotatable bonds is 5. The summed E-state index contributed by atoms with van der Waals surface area (Å²) in [5.74, 6) is 0.605. The number of amides is 1. The van der Waals surface area contributed by atoms with Gasteiger partial charge in [0.2, 0.25) is 5.91 Å². The van der Waals surface area contributed by atoms with E-state index in [-0.39, 0.29) is 22.5 Å². The molecule has 0 unspecified atom stereocenters. The second-order valence-electron chi connectivity index (χ2n) is 5.50. The molecule has 0 bridgehead atoms. The van der Waals surface area contributed by atoms with Gasteiger partial charge in [0.1, 0.15) is 5.75 Å². The van der Waals surface area contributed by atoms with Gasteiger partial charge in [-0.1, -0.05) is 12.8 Å². The fourth-order valence-corrected chi connectivity index (χ4v) is 2.93. The first-order valence-corrected chi connectivity index (χ1v) is 7.83. The number of nitrogens with one attached hydrogen (secondary N) is 2. The Bertz CT molecular complexity index is 615. The van der Waals surface area contributed by atoms with E-state index in [0.717, 1.165) is 12.8 Å². The molecule has 1 amide bonds. The van der Waals surface area contributed by atoms with Crippen LogP contribution in [0.5, 0.6) is 5.75 Å². The van der Waals surface area contributed by atoms with E-state index >= 15 is 0 Å². The van der Waals surface area contributed by atoms with Gasteiger partial charge in [-0.2, -0.15) is 0 Å². The SMILES string of the molecule is COc1cc([N+](=O)[O-])ccc1NC(=S)NC(=O)CC1CCCC1. The monoisotopic (exact) mass is 337 g/mol. The molecule has 7 nitrogen and oxygen atoms in total.